The summed E-state index contributed by atoms with van der Waals surface area (Å²) < 4.78 is 12.7. The van der Waals surface area contributed by atoms with Crippen LogP contribution in [0.25, 0.3) is 0 Å². The fourth-order valence-corrected chi connectivity index (χ4v) is 5.24. The van der Waals surface area contributed by atoms with Crippen LogP contribution in [-0.4, -0.2) is 53.6 Å². The van der Waals surface area contributed by atoms with E-state index in [1.807, 2.05) is 11.6 Å². The van der Waals surface area contributed by atoms with Crippen molar-refractivity contribution in [2.75, 3.05) is 26.9 Å². The van der Waals surface area contributed by atoms with Crippen LogP contribution in [0.4, 0.5) is 0 Å². The number of aromatic nitrogens is 2. The molecule has 1 amide bonds. The molecule has 4 rings (SSSR count). The van der Waals surface area contributed by atoms with E-state index in [4.69, 9.17) is 26.2 Å². The number of carboxylic acid groups (broad SMARTS) is 1. The molecule has 0 saturated carbocycles. The van der Waals surface area contributed by atoms with Crippen LogP contribution in [0.3, 0.4) is 0 Å². The van der Waals surface area contributed by atoms with Crippen molar-refractivity contribution in [3.05, 3.63) is 45.2 Å². The fraction of sp³-hybridized carbons (Fsp3) is 0.542. The first-order chi connectivity index (χ1) is 15.9. The van der Waals surface area contributed by atoms with E-state index in [1.54, 1.807) is 6.07 Å². The molecule has 178 valence electrons. The highest BCUT2D eigenvalue weighted by atomic mass is 35.5. The molecule has 2 aliphatic heterocycles. The molecule has 0 unspecified atom stereocenters. The average molecular weight is 476 g/mol. The number of carbonyl (C=O) groups is 2. The molecule has 1 fully saturated rings. The van der Waals surface area contributed by atoms with Gasteiger partial charge in [-0.15, -0.1) is 0 Å². The lowest BCUT2D eigenvalue weighted by Crippen LogP contribution is -2.40. The van der Waals surface area contributed by atoms with Crippen LogP contribution >= 0.6 is 11.6 Å². The van der Waals surface area contributed by atoms with Gasteiger partial charge in [-0.05, 0) is 61.6 Å². The summed E-state index contributed by atoms with van der Waals surface area (Å²) in [5.41, 5.74) is 3.20. The predicted octanol–water partition coefficient (Wildman–Crippen LogP) is 3.52. The van der Waals surface area contributed by atoms with Crippen LogP contribution < -0.4 is 10.1 Å². The van der Waals surface area contributed by atoms with Crippen LogP contribution in [0.1, 0.15) is 63.9 Å². The van der Waals surface area contributed by atoms with E-state index in [0.717, 1.165) is 30.7 Å². The van der Waals surface area contributed by atoms with E-state index in [0.29, 0.717) is 67.5 Å². The molecule has 0 aliphatic carbocycles. The molecule has 2 aliphatic rings. The standard InChI is InChI=1S/C24H30ClN3O5/c1-3-19-21-20(13-24(14-26-22(21)29)6-9-33-10-7-24)28(27-19)8-4-5-16-17(23(30)31)11-15(32-2)12-18(16)25/h11-12H,3-10,13-14H2,1-2H3,(H,26,29)(H,30,31). The van der Waals surface area contributed by atoms with Gasteiger partial charge in [0.15, 0.2) is 0 Å². The predicted molar refractivity (Wildman–Crippen MR) is 123 cm³/mol. The molecular formula is C24H30ClN3O5. The highest BCUT2D eigenvalue weighted by Gasteiger charge is 2.39. The minimum absolute atomic E-state index is 0.0161. The van der Waals surface area contributed by atoms with E-state index in [9.17, 15) is 14.7 Å². The van der Waals surface area contributed by atoms with Gasteiger partial charge < -0.3 is 19.9 Å². The van der Waals surface area contributed by atoms with E-state index < -0.39 is 5.97 Å². The Morgan fingerprint density at radius 1 is 1.36 bits per heavy atom. The van der Waals surface area contributed by atoms with E-state index in [1.165, 1.54) is 13.2 Å². The second-order valence-electron chi connectivity index (χ2n) is 8.86. The number of carboxylic acids is 1. The van der Waals surface area contributed by atoms with E-state index in [2.05, 4.69) is 5.32 Å². The molecular weight excluding hydrogens is 446 g/mol. The van der Waals surface area contributed by atoms with Crippen LogP contribution in [-0.2, 0) is 30.5 Å². The zero-order chi connectivity index (χ0) is 23.6. The molecule has 1 aromatic heterocycles. The molecule has 0 atom stereocenters. The molecule has 2 aromatic rings. The van der Waals surface area contributed by atoms with Gasteiger partial charge in [0.25, 0.3) is 5.91 Å². The number of benzene rings is 1. The number of rotatable bonds is 7. The second-order valence-corrected chi connectivity index (χ2v) is 9.27. The Bertz CT molecular complexity index is 1060. The molecule has 0 radical (unpaired) electrons. The quantitative estimate of drug-likeness (QED) is 0.635. The Morgan fingerprint density at radius 2 is 2.12 bits per heavy atom. The lowest BCUT2D eigenvalue weighted by atomic mass is 9.76. The zero-order valence-corrected chi connectivity index (χ0v) is 19.8. The first-order valence-electron chi connectivity index (χ1n) is 11.4. The topological polar surface area (TPSA) is 103 Å². The summed E-state index contributed by atoms with van der Waals surface area (Å²) in [4.78, 5) is 24.7. The maximum Gasteiger partial charge on any atom is 0.336 e. The van der Waals surface area contributed by atoms with E-state index in [-0.39, 0.29) is 16.9 Å². The Morgan fingerprint density at radius 3 is 2.79 bits per heavy atom. The van der Waals surface area contributed by atoms with E-state index >= 15 is 0 Å². The molecule has 9 heteroatoms. The minimum Gasteiger partial charge on any atom is -0.497 e. The molecule has 1 aromatic carbocycles. The molecule has 0 bridgehead atoms. The Kier molecular flexibility index (Phi) is 6.95. The molecule has 33 heavy (non-hydrogen) atoms. The summed E-state index contributed by atoms with van der Waals surface area (Å²) in [6.07, 6.45) is 4.38. The van der Waals surface area contributed by atoms with Crippen LogP contribution in [0.2, 0.25) is 5.02 Å². The van der Waals surface area contributed by atoms with Crippen molar-refractivity contribution in [3.63, 3.8) is 0 Å². The number of aryl methyl sites for hydroxylation is 2. The van der Waals surface area contributed by atoms with Crippen molar-refractivity contribution in [2.24, 2.45) is 5.41 Å². The second kappa shape index (κ2) is 9.73. The molecule has 1 spiro atoms. The van der Waals surface area contributed by atoms with Gasteiger partial charge in [-0.2, -0.15) is 5.10 Å². The van der Waals surface area contributed by atoms with Crippen molar-refractivity contribution in [2.45, 2.75) is 52.0 Å². The summed E-state index contributed by atoms with van der Waals surface area (Å²) in [7, 11) is 1.48. The Labute approximate surface area is 198 Å². The lowest BCUT2D eigenvalue weighted by molar-refractivity contribution is 0.0152. The van der Waals surface area contributed by atoms with Crippen LogP contribution in [0, 0.1) is 5.41 Å². The van der Waals surface area contributed by atoms with Gasteiger partial charge >= 0.3 is 5.97 Å². The number of methoxy groups -OCH3 is 1. The third-order valence-electron chi connectivity index (χ3n) is 6.84. The maximum absolute atomic E-state index is 13.0. The van der Waals surface area contributed by atoms with Gasteiger partial charge in [0.05, 0.1) is 29.6 Å². The number of hydrogen-bond donors (Lipinski definition) is 2. The average Bonchev–Trinajstić information content (AvgIpc) is 3.08. The van der Waals surface area contributed by atoms with Crippen molar-refractivity contribution in [1.29, 1.82) is 0 Å². The summed E-state index contributed by atoms with van der Waals surface area (Å²) in [5, 5.41) is 17.9. The summed E-state index contributed by atoms with van der Waals surface area (Å²) in [5.74, 6) is -0.674. The highest BCUT2D eigenvalue weighted by Crippen LogP contribution is 2.37. The number of ether oxygens (including phenoxy) is 2. The van der Waals surface area contributed by atoms with Crippen molar-refractivity contribution in [1.82, 2.24) is 15.1 Å². The van der Waals surface area contributed by atoms with Gasteiger partial charge in [-0.25, -0.2) is 4.79 Å². The first-order valence-corrected chi connectivity index (χ1v) is 11.8. The number of nitrogens with zero attached hydrogens (tertiary/aromatic N) is 2. The number of amides is 1. The van der Waals surface area contributed by atoms with Crippen molar-refractivity contribution < 1.29 is 24.2 Å². The minimum atomic E-state index is -1.04. The number of hydrogen-bond acceptors (Lipinski definition) is 5. The smallest absolute Gasteiger partial charge is 0.336 e. The fourth-order valence-electron chi connectivity index (χ4n) is 4.94. The normalized spacial score (nSPS) is 17.4. The highest BCUT2D eigenvalue weighted by molar-refractivity contribution is 6.32. The molecule has 2 N–H and O–H groups in total. The molecule has 3 heterocycles. The van der Waals surface area contributed by atoms with Crippen molar-refractivity contribution in [3.8, 4) is 5.75 Å². The number of carbonyl (C=O) groups excluding carboxylic acids is 1. The summed E-state index contributed by atoms with van der Waals surface area (Å²) in [6.45, 7) is 4.63. The number of aromatic carboxylic acids is 1. The zero-order valence-electron chi connectivity index (χ0n) is 19.1. The number of halogens is 1. The largest absolute Gasteiger partial charge is 0.497 e. The summed E-state index contributed by atoms with van der Waals surface area (Å²) in [6, 6.07) is 3.13. The van der Waals surface area contributed by atoms with Gasteiger partial charge in [0.1, 0.15) is 5.75 Å². The van der Waals surface area contributed by atoms with Crippen molar-refractivity contribution >= 4 is 23.5 Å². The van der Waals surface area contributed by atoms with Crippen LogP contribution in [0.5, 0.6) is 5.75 Å². The molecule has 1 saturated heterocycles. The van der Waals surface area contributed by atoms with Gasteiger partial charge in [-0.1, -0.05) is 18.5 Å². The van der Waals surface area contributed by atoms with Crippen LogP contribution in [0.15, 0.2) is 12.1 Å². The first kappa shape index (κ1) is 23.6. The molecule has 8 nitrogen and oxygen atoms in total. The Hall–Kier alpha value is -2.58. The summed E-state index contributed by atoms with van der Waals surface area (Å²) >= 11 is 6.39. The van der Waals surface area contributed by atoms with Gasteiger partial charge in [-0.3, -0.25) is 9.48 Å². The Balaban J connectivity index is 1.59. The maximum atomic E-state index is 13.0. The lowest BCUT2D eigenvalue weighted by Gasteiger charge is -2.36. The van der Waals surface area contributed by atoms with Gasteiger partial charge in [0, 0.05) is 31.3 Å². The number of fused-ring (bicyclic) bond motifs is 1. The number of nitrogens with one attached hydrogen (secondary N) is 1. The third-order valence-corrected chi connectivity index (χ3v) is 7.18. The third kappa shape index (κ3) is 4.73. The monoisotopic (exact) mass is 475 g/mol. The van der Waals surface area contributed by atoms with Gasteiger partial charge in [0.2, 0.25) is 0 Å². The SMILES string of the molecule is CCc1nn(CCCc2c(Cl)cc(OC)cc2C(=O)O)c2c1C(=O)NCC1(CCOCC1)C2.